The van der Waals surface area contributed by atoms with Gasteiger partial charge in [-0.3, -0.25) is 14.4 Å². The van der Waals surface area contributed by atoms with E-state index in [1.165, 1.54) is 13.4 Å². The molecule has 0 aliphatic rings. The van der Waals surface area contributed by atoms with Gasteiger partial charge in [-0.1, -0.05) is 66.7 Å². The highest BCUT2D eigenvalue weighted by Gasteiger charge is 2.23. The fraction of sp³-hybridized carbons (Fsp3) is 0.148. The molecule has 0 spiro atoms. The van der Waals surface area contributed by atoms with Gasteiger partial charge in [-0.15, -0.1) is 0 Å². The maximum absolute atomic E-state index is 13.1. The van der Waals surface area contributed by atoms with E-state index in [0.29, 0.717) is 28.8 Å². The summed E-state index contributed by atoms with van der Waals surface area (Å²) in [6.07, 6.45) is 1.56. The topological polar surface area (TPSA) is 97.6 Å². The fourth-order valence-corrected chi connectivity index (χ4v) is 3.64. The number of hydrogen-bond donors (Lipinski definition) is 2. The van der Waals surface area contributed by atoms with E-state index in [0.717, 1.165) is 10.9 Å². The molecule has 0 bridgehead atoms. The summed E-state index contributed by atoms with van der Waals surface area (Å²) in [5.41, 5.74) is 3.11. The SMILES string of the molecule is COC(=O)Cc1coc2cc(C(=O)NC(C(=O)NCc3ccccc3)c3ccccc3)ccc12. The molecule has 4 aromatic rings. The Kier molecular flexibility index (Phi) is 7.03. The van der Waals surface area contributed by atoms with Gasteiger partial charge in [0.05, 0.1) is 19.8 Å². The molecule has 3 aromatic carbocycles. The van der Waals surface area contributed by atoms with Crippen molar-refractivity contribution in [3.05, 3.63) is 107 Å². The second kappa shape index (κ2) is 10.5. The van der Waals surface area contributed by atoms with Gasteiger partial charge < -0.3 is 19.8 Å². The third kappa shape index (κ3) is 5.32. The van der Waals surface area contributed by atoms with Crippen LogP contribution in [0.5, 0.6) is 0 Å². The summed E-state index contributed by atoms with van der Waals surface area (Å²) in [7, 11) is 1.33. The highest BCUT2D eigenvalue weighted by Crippen LogP contribution is 2.24. The molecule has 4 rings (SSSR count). The van der Waals surface area contributed by atoms with Gasteiger partial charge >= 0.3 is 5.97 Å². The average molecular weight is 456 g/mol. The molecule has 1 atom stereocenters. The Balaban J connectivity index is 1.52. The summed E-state index contributed by atoms with van der Waals surface area (Å²) in [4.78, 5) is 37.7. The zero-order valence-electron chi connectivity index (χ0n) is 18.6. The highest BCUT2D eigenvalue weighted by molar-refractivity contribution is 6.00. The van der Waals surface area contributed by atoms with Gasteiger partial charge in [-0.2, -0.15) is 0 Å². The minimum atomic E-state index is -0.875. The number of carbonyl (C=O) groups is 3. The van der Waals surface area contributed by atoms with E-state index in [4.69, 9.17) is 9.15 Å². The Morgan fingerprint density at radius 1 is 0.941 bits per heavy atom. The monoisotopic (exact) mass is 456 g/mol. The molecule has 0 aliphatic heterocycles. The molecule has 0 radical (unpaired) electrons. The third-order valence-corrected chi connectivity index (χ3v) is 5.46. The normalized spacial score (nSPS) is 11.6. The van der Waals surface area contributed by atoms with Crippen molar-refractivity contribution in [1.29, 1.82) is 0 Å². The van der Waals surface area contributed by atoms with Crippen molar-refractivity contribution in [3.63, 3.8) is 0 Å². The van der Waals surface area contributed by atoms with Gasteiger partial charge in [0, 0.05) is 23.1 Å². The minimum absolute atomic E-state index is 0.0761. The number of hydrogen-bond acceptors (Lipinski definition) is 5. The predicted octanol–water partition coefficient (Wildman–Crippen LogP) is 3.94. The molecule has 0 aliphatic carbocycles. The van der Waals surface area contributed by atoms with Crippen LogP contribution in [0.4, 0.5) is 0 Å². The Morgan fingerprint density at radius 3 is 2.35 bits per heavy atom. The number of ether oxygens (including phenoxy) is 1. The lowest BCUT2D eigenvalue weighted by Gasteiger charge is -2.19. The summed E-state index contributed by atoms with van der Waals surface area (Å²) in [6.45, 7) is 0.347. The second-order valence-electron chi connectivity index (χ2n) is 7.75. The maximum atomic E-state index is 13.1. The van der Waals surface area contributed by atoms with Gasteiger partial charge in [-0.05, 0) is 23.3 Å². The first-order chi connectivity index (χ1) is 16.5. The molecule has 0 saturated heterocycles. The van der Waals surface area contributed by atoms with Crippen LogP contribution >= 0.6 is 0 Å². The van der Waals surface area contributed by atoms with Gasteiger partial charge in [0.15, 0.2) is 0 Å². The highest BCUT2D eigenvalue weighted by atomic mass is 16.5. The summed E-state index contributed by atoms with van der Waals surface area (Å²) < 4.78 is 10.3. The van der Waals surface area contributed by atoms with E-state index < -0.39 is 11.9 Å². The van der Waals surface area contributed by atoms with Crippen molar-refractivity contribution in [1.82, 2.24) is 10.6 Å². The van der Waals surface area contributed by atoms with Crippen LogP contribution < -0.4 is 10.6 Å². The number of carbonyl (C=O) groups excluding carboxylic acids is 3. The smallest absolute Gasteiger partial charge is 0.310 e. The molecular formula is C27H24N2O5. The van der Waals surface area contributed by atoms with Crippen LogP contribution in [0.25, 0.3) is 11.0 Å². The van der Waals surface area contributed by atoms with Crippen molar-refractivity contribution < 1.29 is 23.5 Å². The Morgan fingerprint density at radius 2 is 1.65 bits per heavy atom. The summed E-state index contributed by atoms with van der Waals surface area (Å²) in [5.74, 6) is -1.11. The van der Waals surface area contributed by atoms with Crippen molar-refractivity contribution in [2.24, 2.45) is 0 Å². The number of amides is 2. The van der Waals surface area contributed by atoms with Crippen molar-refractivity contribution in [3.8, 4) is 0 Å². The zero-order valence-corrected chi connectivity index (χ0v) is 18.6. The summed E-state index contributed by atoms with van der Waals surface area (Å²) in [5, 5.41) is 6.45. The van der Waals surface area contributed by atoms with Crippen LogP contribution in [0.2, 0.25) is 0 Å². The quantitative estimate of drug-likeness (QED) is 0.392. The number of esters is 1. The van der Waals surface area contributed by atoms with Crippen molar-refractivity contribution in [2.75, 3.05) is 7.11 Å². The lowest BCUT2D eigenvalue weighted by molar-refractivity contribution is -0.139. The predicted molar refractivity (Wildman–Crippen MR) is 127 cm³/mol. The molecule has 34 heavy (non-hydrogen) atoms. The average Bonchev–Trinajstić information content (AvgIpc) is 3.28. The van der Waals surface area contributed by atoms with Crippen LogP contribution in [0.3, 0.4) is 0 Å². The molecule has 0 fully saturated rings. The largest absolute Gasteiger partial charge is 0.469 e. The molecule has 1 aromatic heterocycles. The fourth-order valence-electron chi connectivity index (χ4n) is 3.64. The first-order valence-electron chi connectivity index (χ1n) is 10.8. The molecule has 1 heterocycles. The molecule has 0 saturated carbocycles. The van der Waals surface area contributed by atoms with Crippen molar-refractivity contribution >= 4 is 28.8 Å². The molecule has 2 N–H and O–H groups in total. The Bertz CT molecular complexity index is 1300. The van der Waals surface area contributed by atoms with Crippen LogP contribution in [0, 0.1) is 0 Å². The van der Waals surface area contributed by atoms with Gasteiger partial charge in [0.25, 0.3) is 5.91 Å². The first kappa shape index (κ1) is 22.8. The van der Waals surface area contributed by atoms with Crippen molar-refractivity contribution in [2.45, 2.75) is 19.0 Å². The van der Waals surface area contributed by atoms with Gasteiger partial charge in [-0.25, -0.2) is 0 Å². The number of furan rings is 1. The first-order valence-corrected chi connectivity index (χ1v) is 10.8. The summed E-state index contributed by atoms with van der Waals surface area (Å²) >= 11 is 0. The van der Waals surface area contributed by atoms with Crippen LogP contribution in [-0.2, 0) is 27.3 Å². The van der Waals surface area contributed by atoms with E-state index >= 15 is 0 Å². The molecule has 2 amide bonds. The van der Waals surface area contributed by atoms with E-state index in [-0.39, 0.29) is 18.3 Å². The standard InChI is InChI=1S/C27H24N2O5/c1-33-24(30)15-21-17-34-23-14-20(12-13-22(21)23)26(31)29-25(19-10-6-3-7-11-19)27(32)28-16-18-8-4-2-5-9-18/h2-14,17,25H,15-16H2,1H3,(H,28,32)(H,29,31). The molecular weight excluding hydrogens is 432 g/mol. The molecule has 172 valence electrons. The van der Waals surface area contributed by atoms with Crippen LogP contribution in [-0.4, -0.2) is 24.9 Å². The number of nitrogens with one attached hydrogen (secondary N) is 2. The summed E-state index contributed by atoms with van der Waals surface area (Å²) in [6, 6.07) is 22.7. The molecule has 1 unspecified atom stereocenters. The molecule has 7 heteroatoms. The lowest BCUT2D eigenvalue weighted by atomic mass is 10.0. The van der Waals surface area contributed by atoms with E-state index in [1.54, 1.807) is 30.3 Å². The zero-order chi connectivity index (χ0) is 23.9. The maximum Gasteiger partial charge on any atom is 0.310 e. The van der Waals surface area contributed by atoms with E-state index in [2.05, 4.69) is 10.6 Å². The number of rotatable bonds is 8. The third-order valence-electron chi connectivity index (χ3n) is 5.46. The van der Waals surface area contributed by atoms with Gasteiger partial charge in [0.1, 0.15) is 11.6 Å². The van der Waals surface area contributed by atoms with Gasteiger partial charge in [0.2, 0.25) is 5.91 Å². The Labute approximate surface area is 196 Å². The lowest BCUT2D eigenvalue weighted by Crippen LogP contribution is -2.40. The second-order valence-corrected chi connectivity index (χ2v) is 7.75. The van der Waals surface area contributed by atoms with E-state index in [1.807, 2.05) is 48.5 Å². The molecule has 7 nitrogen and oxygen atoms in total. The number of methoxy groups -OCH3 is 1. The number of fused-ring (bicyclic) bond motifs is 1. The number of benzene rings is 3. The van der Waals surface area contributed by atoms with Crippen LogP contribution in [0.15, 0.2) is 89.5 Å². The minimum Gasteiger partial charge on any atom is -0.469 e. The Hall–Kier alpha value is -4.39. The van der Waals surface area contributed by atoms with E-state index in [9.17, 15) is 14.4 Å². The van der Waals surface area contributed by atoms with Crippen LogP contribution in [0.1, 0.15) is 33.1 Å².